The highest BCUT2D eigenvalue weighted by Crippen LogP contribution is 2.15. The second-order valence-electron chi connectivity index (χ2n) is 5.69. The van der Waals surface area contributed by atoms with Crippen LogP contribution in [0, 0.1) is 0 Å². The first kappa shape index (κ1) is 21.2. The van der Waals surface area contributed by atoms with Crippen molar-refractivity contribution in [2.45, 2.75) is 18.7 Å². The number of benzene rings is 1. The number of furan rings is 1. The Labute approximate surface area is 154 Å². The summed E-state index contributed by atoms with van der Waals surface area (Å²) in [5, 5.41) is 0. The predicted octanol–water partition coefficient (Wildman–Crippen LogP) is 2.24. The molecule has 0 radical (unpaired) electrons. The Kier molecular flexibility index (Phi) is 8.15. The number of hydrogen-bond donors (Lipinski definition) is 1. The van der Waals surface area contributed by atoms with Gasteiger partial charge in [-0.25, -0.2) is 8.42 Å². The van der Waals surface area contributed by atoms with Gasteiger partial charge in [-0.2, -0.15) is 0 Å². The molecule has 0 aliphatic carbocycles. The van der Waals surface area contributed by atoms with Crippen molar-refractivity contribution in [2.24, 2.45) is 5.73 Å². The summed E-state index contributed by atoms with van der Waals surface area (Å²) in [6, 6.07) is 12.7. The summed E-state index contributed by atoms with van der Waals surface area (Å²) in [7, 11) is -3.21. The molecule has 0 bridgehead atoms. The molecule has 2 rings (SSSR count). The summed E-state index contributed by atoms with van der Waals surface area (Å²) in [5.74, 6) is -0.0881. The van der Waals surface area contributed by atoms with E-state index in [2.05, 4.69) is 0 Å². The van der Waals surface area contributed by atoms with Gasteiger partial charge < -0.3 is 15.1 Å². The van der Waals surface area contributed by atoms with Gasteiger partial charge in [-0.1, -0.05) is 30.3 Å². The molecule has 0 saturated carbocycles. The van der Waals surface area contributed by atoms with Gasteiger partial charge in [0.05, 0.1) is 0 Å². The maximum Gasteiger partial charge on any atom is 0.289 e. The minimum Gasteiger partial charge on any atom is -0.455 e. The van der Waals surface area contributed by atoms with Crippen LogP contribution in [0.5, 0.6) is 0 Å². The molecule has 0 fully saturated rings. The summed E-state index contributed by atoms with van der Waals surface area (Å²) < 4.78 is 28.1. The molecule has 0 spiro atoms. The van der Waals surface area contributed by atoms with Crippen molar-refractivity contribution in [3.63, 3.8) is 0 Å². The molecule has 25 heavy (non-hydrogen) atoms. The van der Waals surface area contributed by atoms with Gasteiger partial charge in [0.2, 0.25) is 0 Å². The smallest absolute Gasteiger partial charge is 0.289 e. The van der Waals surface area contributed by atoms with Gasteiger partial charge in [0.15, 0.2) is 15.6 Å². The fourth-order valence-electron chi connectivity index (χ4n) is 2.32. The topological polar surface area (TPSA) is 93.6 Å². The first-order valence-corrected chi connectivity index (χ1v) is 9.75. The third-order valence-corrected chi connectivity index (χ3v) is 4.22. The van der Waals surface area contributed by atoms with Crippen molar-refractivity contribution in [1.29, 1.82) is 0 Å². The molecule has 8 heteroatoms. The number of halogens is 1. The van der Waals surface area contributed by atoms with E-state index in [1.807, 2.05) is 30.3 Å². The van der Waals surface area contributed by atoms with Gasteiger partial charge in [0.1, 0.15) is 11.5 Å². The molecule has 0 unspecified atom stereocenters. The molecule has 0 aliphatic heterocycles. The van der Waals surface area contributed by atoms with Gasteiger partial charge in [-0.15, -0.1) is 12.4 Å². The molecule has 138 valence electrons. The SMILES string of the molecule is CS(=O)(=O)Cc1ccc(C(=O)N(CCCN)Cc2ccccc2)o1.Cl. The van der Waals surface area contributed by atoms with Crippen molar-refractivity contribution in [1.82, 2.24) is 4.90 Å². The monoisotopic (exact) mass is 386 g/mol. The largest absolute Gasteiger partial charge is 0.455 e. The van der Waals surface area contributed by atoms with Crippen molar-refractivity contribution < 1.29 is 17.6 Å². The summed E-state index contributed by atoms with van der Waals surface area (Å²) in [4.78, 5) is 14.3. The lowest BCUT2D eigenvalue weighted by atomic mass is 10.2. The Morgan fingerprint density at radius 2 is 1.84 bits per heavy atom. The van der Waals surface area contributed by atoms with Crippen LogP contribution in [-0.2, 0) is 22.1 Å². The van der Waals surface area contributed by atoms with Gasteiger partial charge in [0, 0.05) is 19.3 Å². The van der Waals surface area contributed by atoms with E-state index in [1.165, 1.54) is 12.1 Å². The summed E-state index contributed by atoms with van der Waals surface area (Å²) >= 11 is 0. The van der Waals surface area contributed by atoms with Crippen molar-refractivity contribution in [2.75, 3.05) is 19.3 Å². The van der Waals surface area contributed by atoms with Crippen LogP contribution < -0.4 is 5.73 Å². The number of sulfone groups is 1. The second kappa shape index (κ2) is 9.60. The van der Waals surface area contributed by atoms with E-state index in [0.29, 0.717) is 26.1 Å². The Bertz CT molecular complexity index is 775. The van der Waals surface area contributed by atoms with Crippen LogP contribution in [-0.4, -0.2) is 38.6 Å². The second-order valence-corrected chi connectivity index (χ2v) is 7.83. The van der Waals surface area contributed by atoms with E-state index in [-0.39, 0.29) is 35.6 Å². The summed E-state index contributed by atoms with van der Waals surface area (Å²) in [6.07, 6.45) is 1.80. The molecule has 1 aromatic heterocycles. The number of amides is 1. The average Bonchev–Trinajstić information content (AvgIpc) is 2.98. The third kappa shape index (κ3) is 6.89. The molecular weight excluding hydrogens is 364 g/mol. The number of hydrogen-bond acceptors (Lipinski definition) is 5. The zero-order valence-electron chi connectivity index (χ0n) is 14.1. The van der Waals surface area contributed by atoms with E-state index in [0.717, 1.165) is 11.8 Å². The Morgan fingerprint density at radius 3 is 2.44 bits per heavy atom. The van der Waals surface area contributed by atoms with Crippen LogP contribution in [0.4, 0.5) is 0 Å². The van der Waals surface area contributed by atoms with Gasteiger partial charge in [0.25, 0.3) is 5.91 Å². The number of carbonyl (C=O) groups excluding carboxylic acids is 1. The van der Waals surface area contributed by atoms with Crippen LogP contribution in [0.25, 0.3) is 0 Å². The predicted molar refractivity (Wildman–Crippen MR) is 99.4 cm³/mol. The van der Waals surface area contributed by atoms with Crippen LogP contribution in [0.3, 0.4) is 0 Å². The number of carbonyl (C=O) groups is 1. The van der Waals surface area contributed by atoms with Crippen LogP contribution >= 0.6 is 12.4 Å². The average molecular weight is 387 g/mol. The number of nitrogens with two attached hydrogens (primary N) is 1. The number of rotatable bonds is 8. The molecule has 1 amide bonds. The Hall–Kier alpha value is -1.83. The maximum atomic E-state index is 12.7. The molecule has 2 N–H and O–H groups in total. The lowest BCUT2D eigenvalue weighted by molar-refractivity contribution is 0.0708. The van der Waals surface area contributed by atoms with Gasteiger partial charge in [-0.05, 0) is 30.7 Å². The third-order valence-electron chi connectivity index (χ3n) is 3.41. The molecule has 0 saturated heterocycles. The molecular formula is C17H23ClN2O4S. The summed E-state index contributed by atoms with van der Waals surface area (Å²) in [5.41, 5.74) is 6.56. The Balaban J connectivity index is 0.00000312. The molecule has 6 nitrogen and oxygen atoms in total. The lowest BCUT2D eigenvalue weighted by Gasteiger charge is -2.21. The molecule has 0 aliphatic rings. The zero-order valence-corrected chi connectivity index (χ0v) is 15.7. The van der Waals surface area contributed by atoms with E-state index in [1.54, 1.807) is 4.90 Å². The minimum atomic E-state index is -3.21. The number of nitrogens with zero attached hydrogens (tertiary/aromatic N) is 1. The quantitative estimate of drug-likeness (QED) is 0.750. The van der Waals surface area contributed by atoms with E-state index < -0.39 is 9.84 Å². The maximum absolute atomic E-state index is 12.7. The highest BCUT2D eigenvalue weighted by molar-refractivity contribution is 7.89. The Morgan fingerprint density at radius 1 is 1.16 bits per heavy atom. The van der Waals surface area contributed by atoms with Crippen LogP contribution in [0.1, 0.15) is 28.3 Å². The lowest BCUT2D eigenvalue weighted by Crippen LogP contribution is -2.32. The fourth-order valence-corrected chi connectivity index (χ4v) is 3.00. The van der Waals surface area contributed by atoms with Gasteiger partial charge >= 0.3 is 0 Å². The highest BCUT2D eigenvalue weighted by Gasteiger charge is 2.20. The van der Waals surface area contributed by atoms with Crippen molar-refractivity contribution in [3.05, 3.63) is 59.5 Å². The summed E-state index contributed by atoms with van der Waals surface area (Å²) in [6.45, 7) is 1.43. The molecule has 1 aromatic carbocycles. The molecule has 0 atom stereocenters. The zero-order chi connectivity index (χ0) is 17.6. The van der Waals surface area contributed by atoms with E-state index in [4.69, 9.17) is 10.2 Å². The fraction of sp³-hybridized carbons (Fsp3) is 0.353. The first-order chi connectivity index (χ1) is 11.4. The van der Waals surface area contributed by atoms with E-state index >= 15 is 0 Å². The normalized spacial score (nSPS) is 11.0. The highest BCUT2D eigenvalue weighted by atomic mass is 35.5. The molecule has 2 aromatic rings. The van der Waals surface area contributed by atoms with Crippen LogP contribution in [0.2, 0.25) is 0 Å². The van der Waals surface area contributed by atoms with Crippen LogP contribution in [0.15, 0.2) is 46.9 Å². The standard InChI is InChI=1S/C17H22N2O4S.ClH/c1-24(21,22)13-15-8-9-16(23-15)17(20)19(11-5-10-18)12-14-6-3-2-4-7-14;/h2-4,6-9H,5,10-13,18H2,1H3;1H. The molecule has 1 heterocycles. The minimum absolute atomic E-state index is 0. The van der Waals surface area contributed by atoms with Gasteiger partial charge in [-0.3, -0.25) is 4.79 Å². The first-order valence-electron chi connectivity index (χ1n) is 7.69. The van der Waals surface area contributed by atoms with Crippen molar-refractivity contribution >= 4 is 28.2 Å². The van der Waals surface area contributed by atoms with Crippen molar-refractivity contribution in [3.8, 4) is 0 Å². The van der Waals surface area contributed by atoms with E-state index in [9.17, 15) is 13.2 Å².